The van der Waals surface area contributed by atoms with Gasteiger partial charge in [0.2, 0.25) is 11.8 Å². The van der Waals surface area contributed by atoms with Crippen molar-refractivity contribution in [3.05, 3.63) is 29.7 Å². The normalized spacial score (nSPS) is 21.9. The average Bonchev–Trinajstić information content (AvgIpc) is 3.60. The lowest BCUT2D eigenvalue weighted by atomic mass is 9.94. The van der Waals surface area contributed by atoms with Gasteiger partial charge in [-0.3, -0.25) is 9.59 Å². The molecule has 1 saturated heterocycles. The summed E-state index contributed by atoms with van der Waals surface area (Å²) in [6.45, 7) is 5.30. The Morgan fingerprint density at radius 2 is 1.90 bits per heavy atom. The number of hydrogen-bond donors (Lipinski definition) is 1. The Morgan fingerprint density at radius 3 is 2.55 bits per heavy atom. The number of carbonyl (C=O) groups is 2. The zero-order valence-electron chi connectivity index (χ0n) is 17.3. The number of nitrogens with zero attached hydrogens (tertiary/aromatic N) is 4. The Kier molecular flexibility index (Phi) is 6.11. The van der Waals surface area contributed by atoms with Crippen LogP contribution in [0.3, 0.4) is 0 Å². The van der Waals surface area contributed by atoms with Crippen molar-refractivity contribution in [1.82, 2.24) is 20.2 Å². The van der Waals surface area contributed by atoms with E-state index in [1.54, 1.807) is 6.92 Å². The van der Waals surface area contributed by atoms with Gasteiger partial charge >= 0.3 is 0 Å². The predicted molar refractivity (Wildman–Crippen MR) is 112 cm³/mol. The highest BCUT2D eigenvalue weighted by atomic mass is 16.2. The van der Waals surface area contributed by atoms with Crippen LogP contribution in [0.25, 0.3) is 0 Å². The molecular weight excluding hydrogens is 366 g/mol. The van der Waals surface area contributed by atoms with Crippen molar-refractivity contribution in [1.29, 1.82) is 0 Å². The molecule has 1 saturated carbocycles. The fourth-order valence-corrected chi connectivity index (χ4v) is 4.06. The highest BCUT2D eigenvalue weighted by Crippen LogP contribution is 2.38. The SMILES string of the molecule is CC(=O)N1CCN(c2cc(CCNC(=O)C3CC=CCC3)nc(C3CC3)n2)CC1. The Labute approximate surface area is 172 Å². The van der Waals surface area contributed by atoms with Crippen molar-refractivity contribution in [2.24, 2.45) is 5.92 Å². The van der Waals surface area contributed by atoms with Crippen LogP contribution >= 0.6 is 0 Å². The maximum absolute atomic E-state index is 12.4. The Bertz CT molecular complexity index is 781. The number of piperazine rings is 1. The van der Waals surface area contributed by atoms with Gasteiger partial charge < -0.3 is 15.1 Å². The largest absolute Gasteiger partial charge is 0.355 e. The first-order valence-corrected chi connectivity index (χ1v) is 10.9. The average molecular weight is 398 g/mol. The van der Waals surface area contributed by atoms with E-state index in [9.17, 15) is 9.59 Å². The number of hydrogen-bond acceptors (Lipinski definition) is 5. The van der Waals surface area contributed by atoms with Gasteiger partial charge in [0.1, 0.15) is 11.6 Å². The zero-order valence-corrected chi connectivity index (χ0v) is 17.3. The summed E-state index contributed by atoms with van der Waals surface area (Å²) in [6, 6.07) is 2.06. The molecule has 2 amide bonds. The van der Waals surface area contributed by atoms with Gasteiger partial charge in [-0.15, -0.1) is 0 Å². The molecule has 1 aromatic rings. The van der Waals surface area contributed by atoms with Crippen LogP contribution in [0.1, 0.15) is 56.5 Å². The molecule has 1 aliphatic heterocycles. The summed E-state index contributed by atoms with van der Waals surface area (Å²) >= 11 is 0. The summed E-state index contributed by atoms with van der Waals surface area (Å²) < 4.78 is 0. The fourth-order valence-electron chi connectivity index (χ4n) is 4.06. The first-order chi connectivity index (χ1) is 14.1. The Morgan fingerprint density at radius 1 is 1.10 bits per heavy atom. The molecule has 1 atom stereocenters. The second kappa shape index (κ2) is 8.93. The number of amides is 2. The van der Waals surface area contributed by atoms with Crippen molar-refractivity contribution in [3.63, 3.8) is 0 Å². The molecule has 0 bridgehead atoms. The summed E-state index contributed by atoms with van der Waals surface area (Å²) in [5.74, 6) is 2.79. The quantitative estimate of drug-likeness (QED) is 0.743. The van der Waals surface area contributed by atoms with E-state index in [0.717, 1.165) is 82.0 Å². The van der Waals surface area contributed by atoms with E-state index in [1.165, 1.54) is 0 Å². The highest BCUT2D eigenvalue weighted by Gasteiger charge is 2.29. The summed E-state index contributed by atoms with van der Waals surface area (Å²) in [5, 5.41) is 3.09. The van der Waals surface area contributed by atoms with Crippen LogP contribution in [0.4, 0.5) is 5.82 Å². The molecule has 0 radical (unpaired) electrons. The summed E-state index contributed by atoms with van der Waals surface area (Å²) in [4.78, 5) is 37.7. The summed E-state index contributed by atoms with van der Waals surface area (Å²) in [7, 11) is 0. The molecular formula is C22H31N5O2. The molecule has 1 unspecified atom stereocenters. The third-order valence-electron chi connectivity index (χ3n) is 6.09. The molecule has 156 valence electrons. The minimum atomic E-state index is 0.112. The monoisotopic (exact) mass is 397 g/mol. The second-order valence-electron chi connectivity index (χ2n) is 8.37. The van der Waals surface area contributed by atoms with Crippen LogP contribution in [0.15, 0.2) is 18.2 Å². The van der Waals surface area contributed by atoms with Gasteiger partial charge in [-0.2, -0.15) is 0 Å². The third kappa shape index (κ3) is 5.14. The number of aromatic nitrogens is 2. The topological polar surface area (TPSA) is 78.4 Å². The van der Waals surface area contributed by atoms with E-state index in [2.05, 4.69) is 28.4 Å². The zero-order chi connectivity index (χ0) is 20.2. The molecule has 7 nitrogen and oxygen atoms in total. The maximum Gasteiger partial charge on any atom is 0.223 e. The van der Waals surface area contributed by atoms with Crippen molar-refractivity contribution in [3.8, 4) is 0 Å². The minimum absolute atomic E-state index is 0.112. The molecule has 3 aliphatic rings. The van der Waals surface area contributed by atoms with E-state index in [-0.39, 0.29) is 17.7 Å². The number of rotatable bonds is 6. The second-order valence-corrected chi connectivity index (χ2v) is 8.37. The van der Waals surface area contributed by atoms with E-state index < -0.39 is 0 Å². The molecule has 4 rings (SSSR count). The van der Waals surface area contributed by atoms with Gasteiger partial charge in [-0.05, 0) is 32.1 Å². The molecule has 1 aromatic heterocycles. The number of anilines is 1. The van der Waals surface area contributed by atoms with Crippen molar-refractivity contribution in [2.45, 2.75) is 51.4 Å². The number of carbonyl (C=O) groups excluding carboxylic acids is 2. The highest BCUT2D eigenvalue weighted by molar-refractivity contribution is 5.79. The standard InChI is InChI=1S/C22H31N5O2/c1-16(28)26-11-13-27(14-12-26)20-15-19(24-21(25-20)17-7-8-17)9-10-23-22(29)18-5-3-2-4-6-18/h2-3,15,17-18H,4-14H2,1H3,(H,23,29). The van der Waals surface area contributed by atoms with Crippen LogP contribution in [0, 0.1) is 5.92 Å². The molecule has 2 heterocycles. The maximum atomic E-state index is 12.4. The first-order valence-electron chi connectivity index (χ1n) is 10.9. The van der Waals surface area contributed by atoms with Gasteiger partial charge in [0.25, 0.3) is 0 Å². The van der Waals surface area contributed by atoms with Crippen LogP contribution in [-0.4, -0.2) is 59.4 Å². The van der Waals surface area contributed by atoms with Gasteiger partial charge in [0.15, 0.2) is 0 Å². The molecule has 7 heteroatoms. The molecule has 2 aliphatic carbocycles. The van der Waals surface area contributed by atoms with Crippen LogP contribution < -0.4 is 10.2 Å². The van der Waals surface area contributed by atoms with Crippen LogP contribution in [-0.2, 0) is 16.0 Å². The van der Waals surface area contributed by atoms with E-state index in [0.29, 0.717) is 12.5 Å². The Balaban J connectivity index is 1.37. The Hall–Kier alpha value is -2.44. The van der Waals surface area contributed by atoms with Gasteiger partial charge in [0, 0.05) is 69.7 Å². The molecule has 29 heavy (non-hydrogen) atoms. The molecule has 0 spiro atoms. The molecule has 0 aromatic carbocycles. The smallest absolute Gasteiger partial charge is 0.223 e. The van der Waals surface area contributed by atoms with Gasteiger partial charge in [0.05, 0.1) is 0 Å². The minimum Gasteiger partial charge on any atom is -0.355 e. The van der Waals surface area contributed by atoms with Crippen molar-refractivity contribution in [2.75, 3.05) is 37.6 Å². The third-order valence-corrected chi connectivity index (χ3v) is 6.09. The lowest BCUT2D eigenvalue weighted by molar-refractivity contribution is -0.129. The fraction of sp³-hybridized carbons (Fsp3) is 0.636. The van der Waals surface area contributed by atoms with E-state index >= 15 is 0 Å². The van der Waals surface area contributed by atoms with Crippen molar-refractivity contribution < 1.29 is 9.59 Å². The number of allylic oxidation sites excluding steroid dienone is 2. The van der Waals surface area contributed by atoms with E-state index in [1.807, 2.05) is 4.90 Å². The molecule has 2 fully saturated rings. The summed E-state index contributed by atoms with van der Waals surface area (Å²) in [5.41, 5.74) is 0.995. The van der Waals surface area contributed by atoms with Gasteiger partial charge in [-0.25, -0.2) is 9.97 Å². The first kappa shape index (κ1) is 19.9. The van der Waals surface area contributed by atoms with Crippen LogP contribution in [0.5, 0.6) is 0 Å². The lowest BCUT2D eigenvalue weighted by Crippen LogP contribution is -2.48. The van der Waals surface area contributed by atoms with Gasteiger partial charge in [-0.1, -0.05) is 12.2 Å². The number of nitrogens with one attached hydrogen (secondary N) is 1. The predicted octanol–water partition coefficient (Wildman–Crippen LogP) is 2.04. The summed E-state index contributed by atoms with van der Waals surface area (Å²) in [6.07, 6.45) is 10.1. The van der Waals surface area contributed by atoms with Crippen molar-refractivity contribution >= 4 is 17.6 Å². The lowest BCUT2D eigenvalue weighted by Gasteiger charge is -2.35. The van der Waals surface area contributed by atoms with E-state index in [4.69, 9.17) is 9.97 Å². The van der Waals surface area contributed by atoms with Crippen LogP contribution in [0.2, 0.25) is 0 Å². The molecule has 1 N–H and O–H groups in total.